The van der Waals surface area contributed by atoms with Gasteiger partial charge in [-0.15, -0.1) is 0 Å². The second-order valence-electron chi connectivity index (χ2n) is 6.30. The number of benzene rings is 2. The van der Waals surface area contributed by atoms with Gasteiger partial charge in [0.25, 0.3) is 0 Å². The molecular formula is C20H23N3O2. The van der Waals surface area contributed by atoms with Gasteiger partial charge in [0.15, 0.2) is 0 Å². The summed E-state index contributed by atoms with van der Waals surface area (Å²) in [7, 11) is 0. The first-order valence-electron chi connectivity index (χ1n) is 8.51. The van der Waals surface area contributed by atoms with Crippen molar-refractivity contribution >= 4 is 0 Å². The maximum Gasteiger partial charge on any atom is 0.350 e. The molecule has 0 spiro atoms. The van der Waals surface area contributed by atoms with E-state index < -0.39 is 0 Å². The lowest BCUT2D eigenvalue weighted by Gasteiger charge is -2.07. The summed E-state index contributed by atoms with van der Waals surface area (Å²) in [6, 6.07) is 17.6. The number of hydrogen-bond acceptors (Lipinski definition) is 3. The summed E-state index contributed by atoms with van der Waals surface area (Å²) < 4.78 is 8.74. The molecule has 1 aromatic heterocycles. The van der Waals surface area contributed by atoms with Crippen LogP contribution in [0.1, 0.15) is 31.2 Å². The minimum absolute atomic E-state index is 0.147. The van der Waals surface area contributed by atoms with E-state index in [2.05, 4.69) is 31.1 Å². The van der Waals surface area contributed by atoms with Gasteiger partial charge in [-0.1, -0.05) is 44.2 Å². The van der Waals surface area contributed by atoms with Crippen LogP contribution in [0.5, 0.6) is 5.75 Å². The van der Waals surface area contributed by atoms with Crippen molar-refractivity contribution in [2.24, 2.45) is 0 Å². The second kappa shape index (κ2) is 7.38. The van der Waals surface area contributed by atoms with Gasteiger partial charge in [0.1, 0.15) is 18.2 Å². The molecule has 5 nitrogen and oxygen atoms in total. The lowest BCUT2D eigenvalue weighted by Crippen LogP contribution is -2.26. The minimum atomic E-state index is -0.147. The van der Waals surface area contributed by atoms with Crippen LogP contribution in [0.15, 0.2) is 59.4 Å². The molecule has 0 amide bonds. The average molecular weight is 337 g/mol. The number of aryl methyl sites for hydroxylation is 1. The normalized spacial score (nSPS) is 11.0. The van der Waals surface area contributed by atoms with E-state index in [1.165, 1.54) is 10.2 Å². The third-order valence-electron chi connectivity index (χ3n) is 4.13. The zero-order valence-electron chi connectivity index (χ0n) is 14.8. The highest BCUT2D eigenvalue weighted by molar-refractivity contribution is 5.36. The number of nitrogens with zero attached hydrogens (tertiary/aromatic N) is 3. The van der Waals surface area contributed by atoms with Crippen molar-refractivity contribution in [2.75, 3.05) is 6.61 Å². The Morgan fingerprint density at radius 3 is 2.36 bits per heavy atom. The predicted molar refractivity (Wildman–Crippen MR) is 98.6 cm³/mol. The van der Waals surface area contributed by atoms with E-state index in [0.29, 0.717) is 24.9 Å². The third kappa shape index (κ3) is 3.82. The van der Waals surface area contributed by atoms with Crippen LogP contribution in [-0.2, 0) is 6.54 Å². The van der Waals surface area contributed by atoms with E-state index in [1.54, 1.807) is 4.57 Å². The van der Waals surface area contributed by atoms with E-state index in [4.69, 9.17) is 4.74 Å². The van der Waals surface area contributed by atoms with E-state index in [-0.39, 0.29) is 5.69 Å². The number of aromatic nitrogens is 3. The Kier molecular flexibility index (Phi) is 5.03. The van der Waals surface area contributed by atoms with Crippen molar-refractivity contribution in [3.05, 3.63) is 76.5 Å². The molecule has 0 saturated heterocycles. The lowest BCUT2D eigenvalue weighted by atomic mass is 10.0. The monoisotopic (exact) mass is 337 g/mol. The van der Waals surface area contributed by atoms with E-state index >= 15 is 0 Å². The molecule has 1 heterocycles. The largest absolute Gasteiger partial charge is 0.492 e. The van der Waals surface area contributed by atoms with Crippen LogP contribution in [-0.4, -0.2) is 21.0 Å². The number of hydrogen-bond donors (Lipinski definition) is 0. The Morgan fingerprint density at radius 2 is 1.72 bits per heavy atom. The molecule has 130 valence electrons. The van der Waals surface area contributed by atoms with Crippen molar-refractivity contribution in [3.63, 3.8) is 0 Å². The SMILES string of the molecule is Cc1nn(CCOc2ccccc2)c(=O)n1-c1ccc(C(C)C)cc1. The summed E-state index contributed by atoms with van der Waals surface area (Å²) in [6.07, 6.45) is 0. The molecule has 0 aliphatic carbocycles. The van der Waals surface area contributed by atoms with Crippen molar-refractivity contribution in [1.29, 1.82) is 0 Å². The molecular weight excluding hydrogens is 314 g/mol. The molecule has 0 N–H and O–H groups in total. The Balaban J connectivity index is 1.75. The summed E-state index contributed by atoms with van der Waals surface area (Å²) in [5, 5.41) is 4.36. The fraction of sp³-hybridized carbons (Fsp3) is 0.300. The van der Waals surface area contributed by atoms with Gasteiger partial charge in [0, 0.05) is 0 Å². The van der Waals surface area contributed by atoms with Gasteiger partial charge in [0.2, 0.25) is 0 Å². The van der Waals surface area contributed by atoms with Crippen LogP contribution >= 0.6 is 0 Å². The van der Waals surface area contributed by atoms with Gasteiger partial charge in [-0.3, -0.25) is 0 Å². The maximum atomic E-state index is 12.7. The third-order valence-corrected chi connectivity index (χ3v) is 4.13. The first kappa shape index (κ1) is 17.0. The standard InChI is InChI=1S/C20H23N3O2/c1-15(2)17-9-11-18(12-10-17)23-16(3)21-22(20(23)24)13-14-25-19-7-5-4-6-8-19/h4-12,15H,13-14H2,1-3H3. The van der Waals surface area contributed by atoms with E-state index in [0.717, 1.165) is 11.4 Å². The fourth-order valence-electron chi connectivity index (χ4n) is 2.73. The van der Waals surface area contributed by atoms with Crippen molar-refractivity contribution in [1.82, 2.24) is 14.3 Å². The average Bonchev–Trinajstić information content (AvgIpc) is 2.90. The van der Waals surface area contributed by atoms with Gasteiger partial charge >= 0.3 is 5.69 Å². The lowest BCUT2D eigenvalue weighted by molar-refractivity contribution is 0.288. The summed E-state index contributed by atoms with van der Waals surface area (Å²) in [5.41, 5.74) is 1.94. The van der Waals surface area contributed by atoms with E-state index in [1.807, 2.05) is 49.4 Å². The number of ether oxygens (including phenoxy) is 1. The molecule has 0 aliphatic rings. The van der Waals surface area contributed by atoms with Gasteiger partial charge < -0.3 is 4.74 Å². The molecule has 0 atom stereocenters. The van der Waals surface area contributed by atoms with Crippen LogP contribution in [0.25, 0.3) is 5.69 Å². The van der Waals surface area contributed by atoms with Crippen LogP contribution in [0.2, 0.25) is 0 Å². The van der Waals surface area contributed by atoms with Crippen LogP contribution < -0.4 is 10.4 Å². The quantitative estimate of drug-likeness (QED) is 0.691. The molecule has 0 unspecified atom stereocenters. The Labute approximate surface area is 147 Å². The molecule has 0 fully saturated rings. The van der Waals surface area contributed by atoms with Crippen molar-refractivity contribution in [3.8, 4) is 11.4 Å². The molecule has 0 radical (unpaired) electrons. The summed E-state index contributed by atoms with van der Waals surface area (Å²) in [6.45, 7) is 6.94. The molecule has 5 heteroatoms. The van der Waals surface area contributed by atoms with E-state index in [9.17, 15) is 4.79 Å². The molecule has 0 aliphatic heterocycles. The highest BCUT2D eigenvalue weighted by Crippen LogP contribution is 2.16. The van der Waals surface area contributed by atoms with Crippen LogP contribution in [0, 0.1) is 6.92 Å². The summed E-state index contributed by atoms with van der Waals surface area (Å²) in [4.78, 5) is 12.7. The highest BCUT2D eigenvalue weighted by atomic mass is 16.5. The van der Waals surface area contributed by atoms with Gasteiger partial charge in [-0.05, 0) is 42.7 Å². The molecule has 3 rings (SSSR count). The number of rotatable bonds is 6. The second-order valence-corrected chi connectivity index (χ2v) is 6.30. The van der Waals surface area contributed by atoms with Crippen LogP contribution in [0.4, 0.5) is 0 Å². The molecule has 0 saturated carbocycles. The Hall–Kier alpha value is -2.82. The molecule has 0 bridgehead atoms. The zero-order chi connectivity index (χ0) is 17.8. The summed E-state index contributed by atoms with van der Waals surface area (Å²) in [5.74, 6) is 1.92. The fourth-order valence-corrected chi connectivity index (χ4v) is 2.73. The van der Waals surface area contributed by atoms with Gasteiger partial charge in [-0.2, -0.15) is 5.10 Å². The van der Waals surface area contributed by atoms with Gasteiger partial charge in [0.05, 0.1) is 12.2 Å². The molecule has 2 aromatic carbocycles. The maximum absolute atomic E-state index is 12.7. The molecule has 25 heavy (non-hydrogen) atoms. The minimum Gasteiger partial charge on any atom is -0.492 e. The highest BCUT2D eigenvalue weighted by Gasteiger charge is 2.12. The Bertz CT molecular complexity index is 878. The topological polar surface area (TPSA) is 49.1 Å². The first-order valence-corrected chi connectivity index (χ1v) is 8.51. The molecule has 3 aromatic rings. The summed E-state index contributed by atoms with van der Waals surface area (Å²) >= 11 is 0. The number of para-hydroxylation sites is 1. The van der Waals surface area contributed by atoms with Crippen molar-refractivity contribution < 1.29 is 4.74 Å². The first-order chi connectivity index (χ1) is 12.1. The van der Waals surface area contributed by atoms with Crippen molar-refractivity contribution in [2.45, 2.75) is 33.2 Å². The van der Waals surface area contributed by atoms with Crippen LogP contribution in [0.3, 0.4) is 0 Å². The van der Waals surface area contributed by atoms with Gasteiger partial charge in [-0.25, -0.2) is 14.0 Å². The Morgan fingerprint density at radius 1 is 1.04 bits per heavy atom. The predicted octanol–water partition coefficient (Wildman–Crippen LogP) is 3.54. The zero-order valence-corrected chi connectivity index (χ0v) is 14.8. The smallest absolute Gasteiger partial charge is 0.350 e.